The van der Waals surface area contributed by atoms with Crippen LogP contribution in [-0.2, 0) is 0 Å². The fourth-order valence-corrected chi connectivity index (χ4v) is 3.99. The van der Waals surface area contributed by atoms with Gasteiger partial charge < -0.3 is 9.47 Å². The van der Waals surface area contributed by atoms with Crippen molar-refractivity contribution in [3.8, 4) is 17.2 Å². The van der Waals surface area contributed by atoms with Crippen molar-refractivity contribution >= 4 is 28.4 Å². The lowest BCUT2D eigenvalue weighted by Gasteiger charge is -2.11. The molecule has 0 bridgehead atoms. The minimum atomic E-state index is 0.00142. The molecule has 8 heteroatoms. The number of aromatic nitrogens is 4. The number of fused-ring (bicyclic) bond motifs is 1. The normalized spacial score (nSPS) is 10.9. The second kappa shape index (κ2) is 8.54. The number of aryl methyl sites for hydroxylation is 1. The van der Waals surface area contributed by atoms with Gasteiger partial charge in [0.1, 0.15) is 27.7 Å². The number of hydrogen-bond acceptors (Lipinski definition) is 7. The highest BCUT2D eigenvalue weighted by Gasteiger charge is 2.18. The molecule has 0 fully saturated rings. The van der Waals surface area contributed by atoms with E-state index in [9.17, 15) is 4.79 Å². The van der Waals surface area contributed by atoms with Crippen LogP contribution < -0.4 is 9.47 Å². The minimum Gasteiger partial charge on any atom is -0.497 e. The average molecular weight is 420 g/mol. The molecular formula is C22H20N4O3S. The molecule has 0 spiro atoms. The summed E-state index contributed by atoms with van der Waals surface area (Å²) in [5.74, 6) is 1.64. The van der Waals surface area contributed by atoms with Gasteiger partial charge in [0.2, 0.25) is 0 Å². The number of methoxy groups -OCH3 is 2. The summed E-state index contributed by atoms with van der Waals surface area (Å²) in [6, 6.07) is 14.7. The number of carbonyl (C=O) groups excluding carboxylic acids is 1. The molecule has 0 unspecified atom stereocenters. The van der Waals surface area contributed by atoms with Crippen LogP contribution in [0.4, 0.5) is 0 Å². The highest BCUT2D eigenvalue weighted by atomic mass is 32.2. The molecule has 0 N–H and O–H groups in total. The van der Waals surface area contributed by atoms with E-state index in [1.165, 1.54) is 11.8 Å². The molecule has 4 aromatic rings. The Morgan fingerprint density at radius 2 is 1.80 bits per heavy atom. The van der Waals surface area contributed by atoms with Crippen molar-refractivity contribution in [2.24, 2.45) is 0 Å². The van der Waals surface area contributed by atoms with Gasteiger partial charge in [-0.15, -0.1) is 5.10 Å². The summed E-state index contributed by atoms with van der Waals surface area (Å²) in [5, 5.41) is 14.7. The van der Waals surface area contributed by atoms with Gasteiger partial charge in [-0.1, -0.05) is 23.9 Å². The number of ether oxygens (including phenoxy) is 2. The SMILES string of the molecule is COc1ccc(C(=O)CSc2nnc(C)c3cnn(-c4ccccc4OC)c23)cc1. The average Bonchev–Trinajstić information content (AvgIpc) is 3.24. The van der Waals surface area contributed by atoms with Gasteiger partial charge in [0, 0.05) is 10.9 Å². The van der Waals surface area contributed by atoms with Crippen LogP contribution >= 0.6 is 11.8 Å². The molecule has 0 atom stereocenters. The minimum absolute atomic E-state index is 0.00142. The number of rotatable bonds is 7. The van der Waals surface area contributed by atoms with Crippen molar-refractivity contribution in [2.45, 2.75) is 11.9 Å². The zero-order chi connectivity index (χ0) is 21.1. The van der Waals surface area contributed by atoms with E-state index in [1.54, 1.807) is 49.4 Å². The Kier molecular flexibility index (Phi) is 5.67. The zero-order valence-corrected chi connectivity index (χ0v) is 17.6. The lowest BCUT2D eigenvalue weighted by Crippen LogP contribution is -2.05. The van der Waals surface area contributed by atoms with Gasteiger partial charge in [-0.2, -0.15) is 10.2 Å². The molecule has 152 valence electrons. The Hall–Kier alpha value is -3.39. The van der Waals surface area contributed by atoms with Gasteiger partial charge in [0.15, 0.2) is 5.78 Å². The molecule has 0 amide bonds. The van der Waals surface area contributed by atoms with E-state index in [-0.39, 0.29) is 11.5 Å². The molecule has 0 radical (unpaired) electrons. The lowest BCUT2D eigenvalue weighted by molar-refractivity contribution is 0.102. The van der Waals surface area contributed by atoms with Crippen LogP contribution in [0.3, 0.4) is 0 Å². The van der Waals surface area contributed by atoms with E-state index in [2.05, 4.69) is 15.3 Å². The second-order valence-corrected chi connectivity index (χ2v) is 7.49. The smallest absolute Gasteiger partial charge is 0.173 e. The third-order valence-corrected chi connectivity index (χ3v) is 5.67. The molecule has 2 heterocycles. The van der Waals surface area contributed by atoms with Gasteiger partial charge in [-0.3, -0.25) is 4.79 Å². The van der Waals surface area contributed by atoms with Crippen molar-refractivity contribution in [1.29, 1.82) is 0 Å². The zero-order valence-electron chi connectivity index (χ0n) is 16.8. The number of Topliss-reactive ketones (excluding diaryl/α,β-unsaturated/α-hetero) is 1. The molecule has 0 saturated carbocycles. The van der Waals surface area contributed by atoms with Crippen LogP contribution in [0.1, 0.15) is 16.1 Å². The van der Waals surface area contributed by atoms with Crippen molar-refractivity contribution in [2.75, 3.05) is 20.0 Å². The number of nitrogens with zero attached hydrogens (tertiary/aromatic N) is 4. The molecular weight excluding hydrogens is 400 g/mol. The fourth-order valence-electron chi connectivity index (χ4n) is 3.12. The van der Waals surface area contributed by atoms with E-state index < -0.39 is 0 Å². The Balaban J connectivity index is 1.68. The molecule has 0 saturated heterocycles. The summed E-state index contributed by atoms with van der Waals surface area (Å²) in [6.45, 7) is 1.89. The maximum atomic E-state index is 12.7. The molecule has 30 heavy (non-hydrogen) atoms. The monoisotopic (exact) mass is 420 g/mol. The standard InChI is InChI=1S/C22H20N4O3S/c1-14-17-12-23-26(18-6-4-5-7-20(18)29-3)21(17)22(25-24-14)30-13-19(27)15-8-10-16(28-2)11-9-15/h4-12H,13H2,1-3H3. The quantitative estimate of drug-likeness (QED) is 0.329. The van der Waals surface area contributed by atoms with Crippen LogP contribution in [0.15, 0.2) is 59.8 Å². The Morgan fingerprint density at radius 3 is 2.53 bits per heavy atom. The van der Waals surface area contributed by atoms with Crippen LogP contribution in [0.5, 0.6) is 11.5 Å². The van der Waals surface area contributed by atoms with E-state index in [0.29, 0.717) is 22.1 Å². The number of hydrogen-bond donors (Lipinski definition) is 0. The van der Waals surface area contributed by atoms with Gasteiger partial charge in [-0.05, 0) is 43.3 Å². The number of thioether (sulfide) groups is 1. The summed E-state index contributed by atoms with van der Waals surface area (Å²) in [7, 11) is 3.22. The van der Waals surface area contributed by atoms with Crippen LogP contribution in [-0.4, -0.2) is 45.7 Å². The molecule has 4 rings (SSSR count). The Labute approximate surface area is 178 Å². The van der Waals surface area contributed by atoms with E-state index in [0.717, 1.165) is 22.3 Å². The van der Waals surface area contributed by atoms with Gasteiger partial charge >= 0.3 is 0 Å². The molecule has 0 aliphatic heterocycles. The maximum absolute atomic E-state index is 12.7. The van der Waals surface area contributed by atoms with Gasteiger partial charge in [-0.25, -0.2) is 4.68 Å². The summed E-state index contributed by atoms with van der Waals surface area (Å²) in [4.78, 5) is 12.7. The summed E-state index contributed by atoms with van der Waals surface area (Å²) in [5.41, 5.74) is 3.00. The van der Waals surface area contributed by atoms with Crippen LogP contribution in [0.2, 0.25) is 0 Å². The maximum Gasteiger partial charge on any atom is 0.173 e. The predicted octanol–water partition coefficient (Wildman–Crippen LogP) is 4.12. The number of benzene rings is 2. The summed E-state index contributed by atoms with van der Waals surface area (Å²) in [6.07, 6.45) is 1.77. The van der Waals surface area contributed by atoms with E-state index in [1.807, 2.05) is 31.2 Å². The summed E-state index contributed by atoms with van der Waals surface area (Å²) >= 11 is 1.34. The Bertz CT molecular complexity index is 1200. The molecule has 2 aromatic carbocycles. The predicted molar refractivity (Wildman–Crippen MR) is 116 cm³/mol. The van der Waals surface area contributed by atoms with E-state index >= 15 is 0 Å². The number of carbonyl (C=O) groups is 1. The van der Waals surface area contributed by atoms with Gasteiger partial charge in [0.25, 0.3) is 0 Å². The van der Waals surface area contributed by atoms with Crippen molar-refractivity contribution in [1.82, 2.24) is 20.0 Å². The van der Waals surface area contributed by atoms with Crippen molar-refractivity contribution < 1.29 is 14.3 Å². The topological polar surface area (TPSA) is 79.1 Å². The fraction of sp³-hybridized carbons (Fsp3) is 0.182. The molecule has 0 aliphatic rings. The first-order valence-electron chi connectivity index (χ1n) is 9.27. The largest absolute Gasteiger partial charge is 0.497 e. The number of para-hydroxylation sites is 2. The number of ketones is 1. The van der Waals surface area contributed by atoms with Crippen LogP contribution in [0, 0.1) is 6.92 Å². The van der Waals surface area contributed by atoms with Crippen molar-refractivity contribution in [3.63, 3.8) is 0 Å². The lowest BCUT2D eigenvalue weighted by atomic mass is 10.1. The second-order valence-electron chi connectivity index (χ2n) is 6.52. The highest BCUT2D eigenvalue weighted by Crippen LogP contribution is 2.32. The first-order valence-corrected chi connectivity index (χ1v) is 10.3. The summed E-state index contributed by atoms with van der Waals surface area (Å²) < 4.78 is 12.4. The molecule has 0 aliphatic carbocycles. The van der Waals surface area contributed by atoms with E-state index in [4.69, 9.17) is 9.47 Å². The first kappa shape index (κ1) is 19.9. The van der Waals surface area contributed by atoms with Crippen LogP contribution in [0.25, 0.3) is 16.6 Å². The third-order valence-electron chi connectivity index (χ3n) is 4.72. The third kappa shape index (κ3) is 3.73. The van der Waals surface area contributed by atoms with Crippen molar-refractivity contribution in [3.05, 3.63) is 66.0 Å². The highest BCUT2D eigenvalue weighted by molar-refractivity contribution is 8.00. The molecule has 2 aromatic heterocycles. The van der Waals surface area contributed by atoms with Gasteiger partial charge in [0.05, 0.1) is 31.9 Å². The first-order chi connectivity index (χ1) is 14.6. The molecule has 7 nitrogen and oxygen atoms in total. The Morgan fingerprint density at radius 1 is 1.03 bits per heavy atom.